The van der Waals surface area contributed by atoms with Gasteiger partial charge in [-0.3, -0.25) is 14.4 Å². The fraction of sp³-hybridized carbons (Fsp3) is 0.500. The Bertz CT molecular complexity index is 1040. The van der Waals surface area contributed by atoms with Gasteiger partial charge < -0.3 is 19.9 Å². The highest BCUT2D eigenvalue weighted by Crippen LogP contribution is 2.25. The number of hydrogen-bond acceptors (Lipinski definition) is 5. The van der Waals surface area contributed by atoms with E-state index in [0.29, 0.717) is 26.2 Å². The lowest BCUT2D eigenvalue weighted by Gasteiger charge is -2.28. The zero-order valence-electron chi connectivity index (χ0n) is 20.0. The summed E-state index contributed by atoms with van der Waals surface area (Å²) in [5, 5.41) is 5.00. The number of benzene rings is 1. The lowest BCUT2D eigenvalue weighted by Crippen LogP contribution is -2.43. The van der Waals surface area contributed by atoms with Crippen molar-refractivity contribution in [3.8, 4) is 0 Å². The summed E-state index contributed by atoms with van der Waals surface area (Å²) in [4.78, 5) is 43.4. The average molecular weight is 484 g/mol. The first-order valence-corrected chi connectivity index (χ1v) is 12.9. The van der Waals surface area contributed by atoms with Crippen LogP contribution in [-0.2, 0) is 32.1 Å². The number of carbonyl (C=O) groups is 3. The highest BCUT2D eigenvalue weighted by Gasteiger charge is 2.26. The number of nitrogens with one attached hydrogen (secondary N) is 1. The van der Waals surface area contributed by atoms with Crippen molar-refractivity contribution in [3.63, 3.8) is 0 Å². The Morgan fingerprint density at radius 2 is 2.06 bits per heavy atom. The van der Waals surface area contributed by atoms with Crippen LogP contribution in [0, 0.1) is 13.8 Å². The molecule has 7 nitrogen and oxygen atoms in total. The van der Waals surface area contributed by atoms with Crippen LogP contribution in [0.5, 0.6) is 0 Å². The number of amides is 3. The Hall–Kier alpha value is -2.71. The molecule has 182 valence electrons. The third-order valence-electron chi connectivity index (χ3n) is 6.73. The first kappa shape index (κ1) is 24.4. The number of rotatable bonds is 8. The summed E-state index contributed by atoms with van der Waals surface area (Å²) in [6.45, 7) is 6.27. The zero-order valence-corrected chi connectivity index (χ0v) is 20.8. The molecule has 1 fully saturated rings. The summed E-state index contributed by atoms with van der Waals surface area (Å²) in [5.41, 5.74) is 4.06. The van der Waals surface area contributed by atoms with E-state index in [9.17, 15) is 14.4 Å². The SMILES string of the molecule is Cc1cccc(NC(=O)CN(CC2CCCO2)C(=O)CCC(=O)N2CCc3sccc3C2)c1C. The van der Waals surface area contributed by atoms with E-state index < -0.39 is 0 Å². The molecule has 4 rings (SSSR count). The molecule has 1 atom stereocenters. The normalized spacial score (nSPS) is 17.4. The maximum absolute atomic E-state index is 13.1. The quantitative estimate of drug-likeness (QED) is 0.621. The van der Waals surface area contributed by atoms with Gasteiger partial charge in [0.1, 0.15) is 0 Å². The summed E-state index contributed by atoms with van der Waals surface area (Å²) in [6, 6.07) is 7.83. The van der Waals surface area contributed by atoms with Crippen LogP contribution in [0.4, 0.5) is 5.69 Å². The highest BCUT2D eigenvalue weighted by atomic mass is 32.1. The van der Waals surface area contributed by atoms with E-state index in [2.05, 4.69) is 16.8 Å². The maximum Gasteiger partial charge on any atom is 0.244 e. The van der Waals surface area contributed by atoms with Gasteiger partial charge in [0.05, 0.1) is 12.6 Å². The zero-order chi connectivity index (χ0) is 24.1. The second-order valence-electron chi connectivity index (χ2n) is 9.14. The molecule has 1 N–H and O–H groups in total. The molecule has 8 heteroatoms. The second-order valence-corrected chi connectivity index (χ2v) is 10.1. The molecule has 0 saturated carbocycles. The molecule has 0 aliphatic carbocycles. The van der Waals surface area contributed by atoms with Crippen LogP contribution in [0.15, 0.2) is 29.6 Å². The third kappa shape index (κ3) is 6.04. The first-order valence-electron chi connectivity index (χ1n) is 12.0. The molecule has 1 aromatic heterocycles. The average Bonchev–Trinajstić information content (AvgIpc) is 3.51. The Balaban J connectivity index is 1.34. The summed E-state index contributed by atoms with van der Waals surface area (Å²) in [7, 11) is 0. The smallest absolute Gasteiger partial charge is 0.244 e. The molecule has 2 aromatic rings. The molecule has 0 spiro atoms. The summed E-state index contributed by atoms with van der Waals surface area (Å²) < 4.78 is 5.71. The van der Waals surface area contributed by atoms with Crippen molar-refractivity contribution in [2.75, 3.05) is 31.6 Å². The van der Waals surface area contributed by atoms with Crippen LogP contribution in [0.25, 0.3) is 0 Å². The van der Waals surface area contributed by atoms with Crippen LogP contribution in [-0.4, -0.2) is 59.9 Å². The van der Waals surface area contributed by atoms with Crippen molar-refractivity contribution in [2.45, 2.75) is 58.6 Å². The summed E-state index contributed by atoms with van der Waals surface area (Å²) >= 11 is 1.74. The Labute approximate surface area is 205 Å². The van der Waals surface area contributed by atoms with E-state index in [1.54, 1.807) is 16.2 Å². The van der Waals surface area contributed by atoms with Gasteiger partial charge in [0.25, 0.3) is 0 Å². The molecule has 1 saturated heterocycles. The minimum absolute atomic E-state index is 0.0119. The van der Waals surface area contributed by atoms with Gasteiger partial charge in [-0.1, -0.05) is 12.1 Å². The van der Waals surface area contributed by atoms with Crippen molar-refractivity contribution in [1.82, 2.24) is 9.80 Å². The molecule has 1 aromatic carbocycles. The highest BCUT2D eigenvalue weighted by molar-refractivity contribution is 7.10. The topological polar surface area (TPSA) is 79.0 Å². The molecule has 3 heterocycles. The van der Waals surface area contributed by atoms with E-state index in [4.69, 9.17) is 4.74 Å². The number of anilines is 1. The molecule has 0 bridgehead atoms. The van der Waals surface area contributed by atoms with Gasteiger partial charge in [0, 0.05) is 49.6 Å². The summed E-state index contributed by atoms with van der Waals surface area (Å²) in [5.74, 6) is -0.442. The number of fused-ring (bicyclic) bond motifs is 1. The van der Waals surface area contributed by atoms with Crippen LogP contribution < -0.4 is 5.32 Å². The second kappa shape index (κ2) is 11.1. The molecule has 34 heavy (non-hydrogen) atoms. The fourth-order valence-corrected chi connectivity index (χ4v) is 5.42. The van der Waals surface area contributed by atoms with E-state index in [1.807, 2.05) is 36.9 Å². The van der Waals surface area contributed by atoms with Crippen molar-refractivity contribution < 1.29 is 19.1 Å². The van der Waals surface area contributed by atoms with Gasteiger partial charge in [-0.2, -0.15) is 0 Å². The molecule has 1 unspecified atom stereocenters. The lowest BCUT2D eigenvalue weighted by molar-refractivity contribution is -0.139. The van der Waals surface area contributed by atoms with Gasteiger partial charge in [-0.05, 0) is 67.3 Å². The molecule has 3 amide bonds. The van der Waals surface area contributed by atoms with E-state index in [1.165, 1.54) is 10.4 Å². The number of carbonyl (C=O) groups excluding carboxylic acids is 3. The van der Waals surface area contributed by atoms with E-state index in [-0.39, 0.29) is 43.2 Å². The minimum Gasteiger partial charge on any atom is -0.376 e. The van der Waals surface area contributed by atoms with Gasteiger partial charge >= 0.3 is 0 Å². The monoisotopic (exact) mass is 483 g/mol. The minimum atomic E-state index is -0.243. The number of nitrogens with zero attached hydrogens (tertiary/aromatic N) is 2. The van der Waals surface area contributed by atoms with Crippen molar-refractivity contribution in [2.24, 2.45) is 0 Å². The number of thiophene rings is 1. The van der Waals surface area contributed by atoms with Gasteiger partial charge in [-0.15, -0.1) is 11.3 Å². The first-order chi connectivity index (χ1) is 16.4. The van der Waals surface area contributed by atoms with Gasteiger partial charge in [0.15, 0.2) is 0 Å². The van der Waals surface area contributed by atoms with Crippen LogP contribution in [0.3, 0.4) is 0 Å². The van der Waals surface area contributed by atoms with Crippen molar-refractivity contribution in [3.05, 3.63) is 51.2 Å². The number of aryl methyl sites for hydroxylation is 1. The Morgan fingerprint density at radius 3 is 2.85 bits per heavy atom. The molecule has 2 aliphatic heterocycles. The third-order valence-corrected chi connectivity index (χ3v) is 7.75. The number of hydrogen-bond donors (Lipinski definition) is 1. The standard InChI is InChI=1S/C26H33N3O4S/c1-18-5-3-7-22(19(18)2)27-24(30)17-29(16-21-6-4-13-33-21)26(32)9-8-25(31)28-12-10-23-20(15-28)11-14-34-23/h3,5,7,11,14,21H,4,6,8-10,12-13,15-17H2,1-2H3,(H,27,30). The van der Waals surface area contributed by atoms with E-state index in [0.717, 1.165) is 36.1 Å². The molecule has 0 radical (unpaired) electrons. The van der Waals surface area contributed by atoms with Crippen LogP contribution in [0.2, 0.25) is 0 Å². The lowest BCUT2D eigenvalue weighted by atomic mass is 10.1. The largest absolute Gasteiger partial charge is 0.376 e. The maximum atomic E-state index is 13.1. The predicted octanol–water partition coefficient (Wildman–Crippen LogP) is 3.68. The fourth-order valence-electron chi connectivity index (χ4n) is 4.53. The Kier molecular flexibility index (Phi) is 8.00. The summed E-state index contributed by atoms with van der Waals surface area (Å²) in [6.07, 6.45) is 2.88. The Morgan fingerprint density at radius 1 is 1.21 bits per heavy atom. The molecular weight excluding hydrogens is 450 g/mol. The molecular formula is C26H33N3O4S. The van der Waals surface area contributed by atoms with Gasteiger partial charge in [0.2, 0.25) is 17.7 Å². The van der Waals surface area contributed by atoms with Gasteiger partial charge in [-0.25, -0.2) is 0 Å². The number of ether oxygens (including phenoxy) is 1. The van der Waals surface area contributed by atoms with Crippen LogP contribution >= 0.6 is 11.3 Å². The molecule has 2 aliphatic rings. The van der Waals surface area contributed by atoms with E-state index >= 15 is 0 Å². The predicted molar refractivity (Wildman–Crippen MR) is 133 cm³/mol. The van der Waals surface area contributed by atoms with Crippen molar-refractivity contribution in [1.29, 1.82) is 0 Å². The van der Waals surface area contributed by atoms with Crippen molar-refractivity contribution >= 4 is 34.7 Å². The van der Waals surface area contributed by atoms with Crippen LogP contribution in [0.1, 0.15) is 47.3 Å².